The third-order valence-corrected chi connectivity index (χ3v) is 6.61. The van der Waals surface area contributed by atoms with Gasteiger partial charge in [-0.3, -0.25) is 14.9 Å². The van der Waals surface area contributed by atoms with E-state index in [9.17, 15) is 9.59 Å². The highest BCUT2D eigenvalue weighted by Gasteiger charge is 2.23. The number of anilines is 2. The average molecular weight is 570 g/mol. The molecule has 4 rings (SSSR count). The van der Waals surface area contributed by atoms with Crippen LogP contribution in [0.4, 0.5) is 11.7 Å². The molecule has 0 spiro atoms. The van der Waals surface area contributed by atoms with Crippen LogP contribution in [0.25, 0.3) is 22.5 Å². The summed E-state index contributed by atoms with van der Waals surface area (Å²) >= 11 is 12.7. The molecular weight excluding hydrogens is 541 g/mol. The third kappa shape index (κ3) is 6.25. The van der Waals surface area contributed by atoms with Gasteiger partial charge in [0.15, 0.2) is 0 Å². The van der Waals surface area contributed by atoms with E-state index in [1.54, 1.807) is 41.1 Å². The molecule has 0 saturated carbocycles. The van der Waals surface area contributed by atoms with Crippen LogP contribution in [0.1, 0.15) is 41.4 Å². The molecule has 0 aliphatic carbocycles. The normalized spacial score (nSPS) is 11.4. The first-order chi connectivity index (χ1) is 18.4. The molecule has 204 valence electrons. The zero-order chi connectivity index (χ0) is 28.4. The Balaban J connectivity index is 1.47. The minimum atomic E-state index is -0.655. The van der Waals surface area contributed by atoms with Gasteiger partial charge in [0.2, 0.25) is 11.8 Å². The van der Waals surface area contributed by atoms with Crippen LogP contribution in [0, 0.1) is 0 Å². The van der Waals surface area contributed by atoms with Crippen molar-refractivity contribution in [1.29, 1.82) is 0 Å². The van der Waals surface area contributed by atoms with Crippen LogP contribution in [-0.2, 0) is 17.8 Å². The van der Waals surface area contributed by atoms with Gasteiger partial charge in [-0.1, -0.05) is 52.6 Å². The quantitative estimate of drug-likeness (QED) is 0.256. The lowest BCUT2D eigenvalue weighted by Crippen LogP contribution is -2.15. The Morgan fingerprint density at radius 2 is 1.79 bits per heavy atom. The van der Waals surface area contributed by atoms with Gasteiger partial charge in [0.05, 0.1) is 11.4 Å². The molecule has 4 aromatic rings. The number of nitrogen functional groups attached to an aromatic ring is 1. The summed E-state index contributed by atoms with van der Waals surface area (Å²) in [6.07, 6.45) is 0.0796. The van der Waals surface area contributed by atoms with Crippen LogP contribution >= 0.6 is 23.2 Å². The number of nitrogens with two attached hydrogens (primary N) is 2. The summed E-state index contributed by atoms with van der Waals surface area (Å²) < 4.78 is 6.89. The third-order valence-electron chi connectivity index (χ3n) is 5.95. The van der Waals surface area contributed by atoms with E-state index in [1.165, 1.54) is 0 Å². The van der Waals surface area contributed by atoms with Gasteiger partial charge in [-0.15, -0.1) is 0 Å². The van der Waals surface area contributed by atoms with Crippen LogP contribution < -0.4 is 16.8 Å². The Morgan fingerprint density at radius 1 is 1.10 bits per heavy atom. The Labute approximate surface area is 235 Å². The fraction of sp³-hybridized carbons (Fsp3) is 0.259. The predicted octanol–water partition coefficient (Wildman–Crippen LogP) is 5.02. The smallest absolute Gasteiger partial charge is 0.254 e. The minimum absolute atomic E-state index is 0.0489. The lowest BCUT2D eigenvalue weighted by atomic mass is 10.0. The SMILES string of the molecule is CC(C)n1nc(-c2ccc(CC(=O)Nc3cc(-c4cc(CN(C)C)c(Cl)cc4Cl)no3)cc2)c(C(N)=O)c1N. The molecule has 39 heavy (non-hydrogen) atoms. The molecule has 12 heteroatoms. The zero-order valence-corrected chi connectivity index (χ0v) is 23.5. The Bertz CT molecular complexity index is 1530. The van der Waals surface area contributed by atoms with Gasteiger partial charge in [0.1, 0.15) is 22.8 Å². The summed E-state index contributed by atoms with van der Waals surface area (Å²) in [6.45, 7) is 4.44. The second kappa shape index (κ2) is 11.5. The average Bonchev–Trinajstić information content (AvgIpc) is 3.45. The van der Waals surface area contributed by atoms with E-state index in [2.05, 4.69) is 15.6 Å². The van der Waals surface area contributed by atoms with Crippen molar-refractivity contribution < 1.29 is 14.1 Å². The van der Waals surface area contributed by atoms with Crippen molar-refractivity contribution in [2.24, 2.45) is 5.73 Å². The predicted molar refractivity (Wildman–Crippen MR) is 153 cm³/mol. The maximum absolute atomic E-state index is 12.7. The molecule has 2 aromatic heterocycles. The molecule has 0 aliphatic heterocycles. The number of nitrogens with one attached hydrogen (secondary N) is 1. The topological polar surface area (TPSA) is 145 Å². The van der Waals surface area contributed by atoms with Crippen LogP contribution in [-0.4, -0.2) is 45.7 Å². The zero-order valence-electron chi connectivity index (χ0n) is 22.0. The molecule has 0 fully saturated rings. The number of primary amides is 1. The molecule has 0 radical (unpaired) electrons. The summed E-state index contributed by atoms with van der Waals surface area (Å²) in [7, 11) is 3.88. The van der Waals surface area contributed by atoms with Crippen molar-refractivity contribution >= 4 is 46.7 Å². The highest BCUT2D eigenvalue weighted by Crippen LogP contribution is 2.34. The first-order valence-electron chi connectivity index (χ1n) is 12.1. The van der Waals surface area contributed by atoms with Crippen LogP contribution in [0.2, 0.25) is 10.0 Å². The lowest BCUT2D eigenvalue weighted by Gasteiger charge is -2.13. The number of hydrogen-bond donors (Lipinski definition) is 3. The molecule has 0 saturated heterocycles. The molecule has 0 aliphatic rings. The van der Waals surface area contributed by atoms with Gasteiger partial charge in [-0.05, 0) is 51.2 Å². The molecule has 10 nitrogen and oxygen atoms in total. The van der Waals surface area contributed by atoms with E-state index >= 15 is 0 Å². The van der Waals surface area contributed by atoms with Crippen molar-refractivity contribution in [1.82, 2.24) is 19.8 Å². The molecule has 5 N–H and O–H groups in total. The van der Waals surface area contributed by atoms with Crippen molar-refractivity contribution in [3.8, 4) is 22.5 Å². The van der Waals surface area contributed by atoms with Crippen molar-refractivity contribution in [2.75, 3.05) is 25.1 Å². The number of hydrogen-bond acceptors (Lipinski definition) is 7. The second-order valence-electron chi connectivity index (χ2n) is 9.67. The molecule has 0 unspecified atom stereocenters. The summed E-state index contributed by atoms with van der Waals surface area (Å²) in [5.74, 6) is -0.547. The Morgan fingerprint density at radius 3 is 2.41 bits per heavy atom. The van der Waals surface area contributed by atoms with Crippen molar-refractivity contribution in [3.05, 3.63) is 69.2 Å². The van der Waals surface area contributed by atoms with E-state index in [-0.39, 0.29) is 35.6 Å². The van der Waals surface area contributed by atoms with Gasteiger partial charge in [0.25, 0.3) is 5.91 Å². The second-order valence-corrected chi connectivity index (χ2v) is 10.5. The first kappa shape index (κ1) is 28.2. The highest BCUT2D eigenvalue weighted by atomic mass is 35.5. The van der Waals surface area contributed by atoms with Gasteiger partial charge >= 0.3 is 0 Å². The Kier molecular flexibility index (Phi) is 8.29. The van der Waals surface area contributed by atoms with E-state index < -0.39 is 5.91 Å². The van der Waals surface area contributed by atoms with Gasteiger partial charge in [-0.25, -0.2) is 4.68 Å². The number of rotatable bonds is 9. The molecule has 0 atom stereocenters. The fourth-order valence-corrected chi connectivity index (χ4v) is 4.69. The fourth-order valence-electron chi connectivity index (χ4n) is 4.15. The number of carbonyl (C=O) groups excluding carboxylic acids is 2. The summed E-state index contributed by atoms with van der Waals surface area (Å²) in [5, 5.41) is 12.2. The van der Waals surface area contributed by atoms with Crippen LogP contribution in [0.3, 0.4) is 0 Å². The molecule has 2 heterocycles. The van der Waals surface area contributed by atoms with Gasteiger partial charge in [0, 0.05) is 34.8 Å². The maximum Gasteiger partial charge on any atom is 0.254 e. The van der Waals surface area contributed by atoms with E-state index in [4.69, 9.17) is 39.2 Å². The standard InChI is InChI=1S/C27H29Cl2N7O3/c1-14(2)36-26(30)24(27(31)38)25(33-36)16-7-5-15(6-8-16)9-22(37)32-23-12-21(34-39-23)18-10-17(13-35(3)4)19(28)11-20(18)29/h5-8,10-12,14H,9,13,30H2,1-4H3,(H2,31,38)(H,32,37). The van der Waals surface area contributed by atoms with E-state index in [0.29, 0.717) is 39.1 Å². The summed E-state index contributed by atoms with van der Waals surface area (Å²) in [4.78, 5) is 26.7. The Hall–Kier alpha value is -3.86. The number of aromatic nitrogens is 3. The van der Waals surface area contributed by atoms with Crippen LogP contribution in [0.5, 0.6) is 0 Å². The molecular formula is C27H29Cl2N7O3. The number of halogens is 2. The monoisotopic (exact) mass is 569 g/mol. The summed E-state index contributed by atoms with van der Waals surface area (Å²) in [6, 6.07) is 12.2. The summed E-state index contributed by atoms with van der Waals surface area (Å²) in [5.41, 5.74) is 15.6. The number of amides is 2. The van der Waals surface area contributed by atoms with Crippen LogP contribution in [0.15, 0.2) is 47.0 Å². The van der Waals surface area contributed by atoms with Crippen molar-refractivity contribution in [3.63, 3.8) is 0 Å². The number of carbonyl (C=O) groups is 2. The largest absolute Gasteiger partial charge is 0.383 e. The number of benzene rings is 2. The lowest BCUT2D eigenvalue weighted by molar-refractivity contribution is -0.115. The maximum atomic E-state index is 12.7. The van der Waals surface area contributed by atoms with E-state index in [0.717, 1.165) is 11.1 Å². The number of nitrogens with zero attached hydrogens (tertiary/aromatic N) is 4. The van der Waals surface area contributed by atoms with E-state index in [1.807, 2.05) is 38.9 Å². The molecule has 2 aromatic carbocycles. The minimum Gasteiger partial charge on any atom is -0.383 e. The van der Waals surface area contributed by atoms with Gasteiger partial charge in [-0.2, -0.15) is 5.10 Å². The first-order valence-corrected chi connectivity index (χ1v) is 12.9. The van der Waals surface area contributed by atoms with Gasteiger partial charge < -0.3 is 20.9 Å². The van der Waals surface area contributed by atoms with Crippen molar-refractivity contribution in [2.45, 2.75) is 32.9 Å². The molecule has 2 amide bonds. The molecule has 0 bridgehead atoms. The highest BCUT2D eigenvalue weighted by molar-refractivity contribution is 6.36.